The van der Waals surface area contributed by atoms with Crippen LogP contribution in [0.2, 0.25) is 0 Å². The monoisotopic (exact) mass is 558 g/mol. The molecule has 36 heavy (non-hydrogen) atoms. The number of para-hydroxylation sites is 1. The Kier molecular flexibility index (Phi) is 8.03. The van der Waals surface area contributed by atoms with E-state index in [4.69, 9.17) is 4.74 Å². The Morgan fingerprint density at radius 3 is 2.58 bits per heavy atom. The number of nitrogens with zero attached hydrogens (tertiary/aromatic N) is 3. The second-order valence-corrected chi connectivity index (χ2v) is 10.2. The van der Waals surface area contributed by atoms with E-state index in [1.54, 1.807) is 31.1 Å². The highest BCUT2D eigenvalue weighted by Crippen LogP contribution is 2.27. The van der Waals surface area contributed by atoms with Crippen LogP contribution in [0.15, 0.2) is 46.9 Å². The molecule has 9 nitrogen and oxygen atoms in total. The Labute approximate surface area is 219 Å². The lowest BCUT2D eigenvalue weighted by molar-refractivity contribution is -0.138. The summed E-state index contributed by atoms with van der Waals surface area (Å²) < 4.78 is 6.18. The molecule has 0 spiro atoms. The van der Waals surface area contributed by atoms with Gasteiger partial charge in [-0.05, 0) is 64.5 Å². The molecular formula is C26H31BrN4O5. The summed E-state index contributed by atoms with van der Waals surface area (Å²) in [5.74, 6) is -0.223. The van der Waals surface area contributed by atoms with E-state index in [1.165, 1.54) is 11.0 Å². The minimum absolute atomic E-state index is 0.0249. The van der Waals surface area contributed by atoms with Gasteiger partial charge in [-0.2, -0.15) is 0 Å². The molecule has 2 aromatic rings. The molecule has 2 heterocycles. The van der Waals surface area contributed by atoms with Gasteiger partial charge in [0.2, 0.25) is 0 Å². The second-order valence-electron chi connectivity index (χ2n) is 9.34. The van der Waals surface area contributed by atoms with E-state index in [0.29, 0.717) is 36.9 Å². The highest BCUT2D eigenvalue weighted by Gasteiger charge is 2.33. The highest BCUT2D eigenvalue weighted by atomic mass is 79.9. The number of benzene rings is 2. The molecule has 2 aliphatic heterocycles. The van der Waals surface area contributed by atoms with E-state index in [2.05, 4.69) is 21.2 Å². The molecule has 192 valence electrons. The van der Waals surface area contributed by atoms with Gasteiger partial charge in [0.1, 0.15) is 5.75 Å². The first-order chi connectivity index (χ1) is 17.2. The van der Waals surface area contributed by atoms with Crippen molar-refractivity contribution in [2.75, 3.05) is 39.0 Å². The number of hydrogen-bond acceptors (Lipinski definition) is 5. The average Bonchev–Trinajstić information content (AvgIpc) is 3.03. The number of urea groups is 1. The third kappa shape index (κ3) is 5.92. The van der Waals surface area contributed by atoms with E-state index in [1.807, 2.05) is 29.2 Å². The molecule has 2 aromatic carbocycles. The van der Waals surface area contributed by atoms with Crippen molar-refractivity contribution in [3.8, 4) is 5.75 Å². The summed E-state index contributed by atoms with van der Waals surface area (Å²) in [6, 6.07) is 12.7. The largest absolute Gasteiger partial charge is 0.507 e. The van der Waals surface area contributed by atoms with Crippen LogP contribution in [0.25, 0.3) is 0 Å². The molecule has 4 rings (SSSR count). The highest BCUT2D eigenvalue weighted by molar-refractivity contribution is 9.10. The van der Waals surface area contributed by atoms with Crippen LogP contribution in [0.3, 0.4) is 0 Å². The normalized spacial score (nSPS) is 17.0. The first-order valence-electron chi connectivity index (χ1n) is 12.0. The van der Waals surface area contributed by atoms with Gasteiger partial charge in [-0.1, -0.05) is 24.3 Å². The molecule has 0 radical (unpaired) electrons. The Morgan fingerprint density at radius 2 is 1.89 bits per heavy atom. The van der Waals surface area contributed by atoms with E-state index in [-0.39, 0.29) is 30.2 Å². The van der Waals surface area contributed by atoms with Crippen molar-refractivity contribution >= 4 is 39.6 Å². The standard InChI is InChI=1S/C26H31BrN4O5/c1-29(2)24(33)23(16-17-7-8-22(32)20(27)15-17)36-26(35)30-12-10-19(11-13-30)31-14-9-18-5-3-4-6-21(18)28-25(31)34/h3-8,15,19,23,32H,9-14,16H2,1-2H3,(H,28,34)/t23-/m1/s1. The van der Waals surface area contributed by atoms with Gasteiger partial charge in [0, 0.05) is 51.9 Å². The lowest BCUT2D eigenvalue weighted by Crippen LogP contribution is -2.51. The van der Waals surface area contributed by atoms with Crippen molar-refractivity contribution in [3.05, 3.63) is 58.1 Å². The molecule has 1 atom stereocenters. The molecule has 1 saturated heterocycles. The zero-order valence-electron chi connectivity index (χ0n) is 20.4. The number of carbonyl (C=O) groups is 3. The van der Waals surface area contributed by atoms with Gasteiger partial charge in [0.15, 0.2) is 6.10 Å². The summed E-state index contributed by atoms with van der Waals surface area (Å²) in [5.41, 5.74) is 2.72. The first kappa shape index (κ1) is 25.8. The Hall–Kier alpha value is -3.27. The molecule has 0 aliphatic carbocycles. The first-order valence-corrected chi connectivity index (χ1v) is 12.8. The molecule has 2 aliphatic rings. The molecule has 4 amide bonds. The third-order valence-electron chi connectivity index (χ3n) is 6.70. The van der Waals surface area contributed by atoms with Gasteiger partial charge < -0.3 is 29.9 Å². The van der Waals surface area contributed by atoms with Crippen LogP contribution in [0.5, 0.6) is 5.75 Å². The lowest BCUT2D eigenvalue weighted by atomic mass is 10.0. The molecule has 0 saturated carbocycles. The molecule has 2 N–H and O–H groups in total. The van der Waals surface area contributed by atoms with E-state index in [9.17, 15) is 19.5 Å². The number of phenols is 1. The number of hydrogen-bond donors (Lipinski definition) is 2. The van der Waals surface area contributed by atoms with Gasteiger partial charge in [-0.3, -0.25) is 4.79 Å². The van der Waals surface area contributed by atoms with Crippen molar-refractivity contribution in [1.29, 1.82) is 0 Å². The number of phenolic OH excluding ortho intramolecular Hbond substituents is 1. The number of anilines is 1. The maximum Gasteiger partial charge on any atom is 0.410 e. The minimum atomic E-state index is -0.989. The summed E-state index contributed by atoms with van der Waals surface area (Å²) in [7, 11) is 3.23. The predicted molar refractivity (Wildman–Crippen MR) is 139 cm³/mol. The summed E-state index contributed by atoms with van der Waals surface area (Å²) in [4.78, 5) is 43.5. The number of halogens is 1. The van der Waals surface area contributed by atoms with Crippen LogP contribution in [0.4, 0.5) is 15.3 Å². The zero-order chi connectivity index (χ0) is 25.8. The van der Waals surface area contributed by atoms with Crippen molar-refractivity contribution in [2.45, 2.75) is 37.8 Å². The fraction of sp³-hybridized carbons (Fsp3) is 0.423. The molecule has 10 heteroatoms. The summed E-state index contributed by atoms with van der Waals surface area (Å²) in [5, 5.41) is 12.7. The van der Waals surface area contributed by atoms with Crippen LogP contribution >= 0.6 is 15.9 Å². The topological polar surface area (TPSA) is 102 Å². The predicted octanol–water partition coefficient (Wildman–Crippen LogP) is 3.85. The molecule has 0 bridgehead atoms. The van der Waals surface area contributed by atoms with E-state index < -0.39 is 12.2 Å². The Balaban J connectivity index is 1.36. The van der Waals surface area contributed by atoms with Crippen LogP contribution in [-0.2, 0) is 22.4 Å². The summed E-state index contributed by atoms with van der Waals surface area (Å²) >= 11 is 3.28. The van der Waals surface area contributed by atoms with Crippen LogP contribution in [0, 0.1) is 0 Å². The van der Waals surface area contributed by atoms with Crippen LogP contribution < -0.4 is 5.32 Å². The second kappa shape index (κ2) is 11.2. The maximum absolute atomic E-state index is 13.0. The number of nitrogens with one attached hydrogen (secondary N) is 1. The Bertz CT molecular complexity index is 1130. The van der Waals surface area contributed by atoms with Crippen molar-refractivity contribution in [1.82, 2.24) is 14.7 Å². The smallest absolute Gasteiger partial charge is 0.410 e. The van der Waals surface area contributed by atoms with Crippen molar-refractivity contribution in [2.24, 2.45) is 0 Å². The van der Waals surface area contributed by atoms with E-state index >= 15 is 0 Å². The van der Waals surface area contributed by atoms with Crippen molar-refractivity contribution < 1.29 is 24.2 Å². The Morgan fingerprint density at radius 1 is 1.17 bits per heavy atom. The fourth-order valence-corrected chi connectivity index (χ4v) is 5.08. The van der Waals surface area contributed by atoms with Crippen LogP contribution in [0.1, 0.15) is 24.0 Å². The number of likely N-dealkylation sites (tertiary alicyclic amines) is 1. The summed E-state index contributed by atoms with van der Waals surface area (Å²) in [6.07, 6.45) is 0.702. The number of carbonyl (C=O) groups excluding carboxylic acids is 3. The number of ether oxygens (including phenoxy) is 1. The van der Waals surface area contributed by atoms with Crippen molar-refractivity contribution in [3.63, 3.8) is 0 Å². The number of aromatic hydroxyl groups is 1. The van der Waals surface area contributed by atoms with Gasteiger partial charge in [-0.25, -0.2) is 9.59 Å². The van der Waals surface area contributed by atoms with Crippen LogP contribution in [-0.4, -0.2) is 83.7 Å². The van der Waals surface area contributed by atoms with Gasteiger partial charge >= 0.3 is 12.1 Å². The van der Waals surface area contributed by atoms with E-state index in [0.717, 1.165) is 23.2 Å². The number of amides is 4. The van der Waals surface area contributed by atoms with Gasteiger partial charge in [0.25, 0.3) is 5.91 Å². The summed E-state index contributed by atoms with van der Waals surface area (Å²) in [6.45, 7) is 1.50. The molecule has 0 unspecified atom stereocenters. The fourth-order valence-electron chi connectivity index (χ4n) is 4.65. The quantitative estimate of drug-likeness (QED) is 0.580. The third-order valence-corrected chi connectivity index (χ3v) is 7.33. The molecule has 0 aromatic heterocycles. The number of likely N-dealkylation sites (N-methyl/N-ethyl adjacent to an activating group) is 1. The number of piperidine rings is 1. The van der Waals surface area contributed by atoms with Gasteiger partial charge in [-0.15, -0.1) is 0 Å². The zero-order valence-corrected chi connectivity index (χ0v) is 22.0. The SMILES string of the molecule is CN(C)C(=O)[C@@H](Cc1ccc(O)c(Br)c1)OC(=O)N1CCC(N2CCc3ccccc3NC2=O)CC1. The van der Waals surface area contributed by atoms with Gasteiger partial charge in [0.05, 0.1) is 4.47 Å². The minimum Gasteiger partial charge on any atom is -0.507 e. The number of rotatable bonds is 5. The number of fused-ring (bicyclic) bond motifs is 1. The maximum atomic E-state index is 13.0. The molecular weight excluding hydrogens is 528 g/mol. The average molecular weight is 559 g/mol. The lowest BCUT2D eigenvalue weighted by Gasteiger charge is -2.37. The molecule has 1 fully saturated rings.